The van der Waals surface area contributed by atoms with Crippen molar-refractivity contribution in [2.45, 2.75) is 0 Å². The highest BCUT2D eigenvalue weighted by Crippen LogP contribution is 2.21. The molecule has 0 spiro atoms. The summed E-state index contributed by atoms with van der Waals surface area (Å²) in [6, 6.07) is 4.93. The zero-order valence-electron chi connectivity index (χ0n) is 9.07. The molecular formula is C10H13ClN4O. The topological polar surface area (TPSA) is 84.7 Å². The number of rotatable bonds is 2. The number of amides is 1. The first kappa shape index (κ1) is 12.3. The van der Waals surface area contributed by atoms with Gasteiger partial charge >= 0.3 is 0 Å². The molecule has 0 fully saturated rings. The van der Waals surface area contributed by atoms with Crippen LogP contribution in [0.2, 0.25) is 5.02 Å². The molecule has 4 N–H and O–H groups in total. The number of nitrogens with two attached hydrogens (primary N) is 2. The number of benzene rings is 1. The Labute approximate surface area is 98.7 Å². The number of aliphatic imine (C=N–C) groups is 1. The van der Waals surface area contributed by atoms with Gasteiger partial charge in [0, 0.05) is 30.4 Å². The van der Waals surface area contributed by atoms with E-state index in [1.54, 1.807) is 12.1 Å². The minimum atomic E-state index is -0.509. The van der Waals surface area contributed by atoms with Crippen LogP contribution >= 0.6 is 11.6 Å². The molecular weight excluding hydrogens is 228 g/mol. The first-order valence-corrected chi connectivity index (χ1v) is 4.90. The molecule has 1 amide bonds. The number of anilines is 1. The van der Waals surface area contributed by atoms with E-state index in [1.165, 1.54) is 6.07 Å². The highest BCUT2D eigenvalue weighted by Gasteiger charge is 2.08. The van der Waals surface area contributed by atoms with Crippen molar-refractivity contribution in [1.82, 2.24) is 0 Å². The lowest BCUT2D eigenvalue weighted by molar-refractivity contribution is 0.100. The first-order valence-electron chi connectivity index (χ1n) is 4.52. The Hall–Kier alpha value is -1.75. The van der Waals surface area contributed by atoms with Crippen molar-refractivity contribution in [3.05, 3.63) is 28.8 Å². The molecule has 0 radical (unpaired) electrons. The molecule has 86 valence electrons. The lowest BCUT2D eigenvalue weighted by atomic mass is 10.2. The summed E-state index contributed by atoms with van der Waals surface area (Å²) in [4.78, 5) is 16.8. The van der Waals surface area contributed by atoms with Crippen LogP contribution in [-0.4, -0.2) is 26.0 Å². The number of hydrogen-bond donors (Lipinski definition) is 2. The maximum atomic E-state index is 11.6. The van der Waals surface area contributed by atoms with Crippen molar-refractivity contribution in [1.29, 1.82) is 0 Å². The SMILES string of the molecule is CN(C)c1cc(Cl)cc(C(=O)N=C(N)N)c1. The molecule has 0 aliphatic heterocycles. The second-order valence-electron chi connectivity index (χ2n) is 3.43. The van der Waals surface area contributed by atoms with Gasteiger partial charge in [-0.3, -0.25) is 4.79 Å². The summed E-state index contributed by atoms with van der Waals surface area (Å²) in [5.41, 5.74) is 11.4. The molecule has 1 aromatic carbocycles. The first-order chi connectivity index (χ1) is 7.40. The number of halogens is 1. The number of carbonyl (C=O) groups excluding carboxylic acids is 1. The van der Waals surface area contributed by atoms with Crippen LogP contribution in [-0.2, 0) is 0 Å². The fourth-order valence-corrected chi connectivity index (χ4v) is 1.37. The monoisotopic (exact) mass is 240 g/mol. The summed E-state index contributed by atoms with van der Waals surface area (Å²) in [5.74, 6) is -0.776. The van der Waals surface area contributed by atoms with Crippen molar-refractivity contribution in [2.75, 3.05) is 19.0 Å². The number of hydrogen-bond acceptors (Lipinski definition) is 2. The van der Waals surface area contributed by atoms with E-state index in [4.69, 9.17) is 23.1 Å². The van der Waals surface area contributed by atoms with Gasteiger partial charge in [0.1, 0.15) is 0 Å². The van der Waals surface area contributed by atoms with E-state index in [0.29, 0.717) is 10.6 Å². The maximum Gasteiger partial charge on any atom is 0.280 e. The van der Waals surface area contributed by atoms with Crippen LogP contribution in [0.1, 0.15) is 10.4 Å². The van der Waals surface area contributed by atoms with E-state index in [0.717, 1.165) is 5.69 Å². The Morgan fingerprint density at radius 1 is 1.31 bits per heavy atom. The second kappa shape index (κ2) is 4.85. The number of carbonyl (C=O) groups is 1. The number of guanidine groups is 1. The van der Waals surface area contributed by atoms with Crippen LogP contribution in [0.3, 0.4) is 0 Å². The molecule has 1 rings (SSSR count). The molecule has 0 saturated carbocycles. The lowest BCUT2D eigenvalue weighted by Gasteiger charge is -2.13. The van der Waals surface area contributed by atoms with Crippen molar-refractivity contribution in [3.63, 3.8) is 0 Å². The maximum absolute atomic E-state index is 11.6. The quantitative estimate of drug-likeness (QED) is 0.592. The second-order valence-corrected chi connectivity index (χ2v) is 3.87. The Morgan fingerprint density at radius 2 is 1.94 bits per heavy atom. The van der Waals surface area contributed by atoms with Crippen LogP contribution in [0.15, 0.2) is 23.2 Å². The Bertz CT molecular complexity index is 438. The third kappa shape index (κ3) is 3.13. The fourth-order valence-electron chi connectivity index (χ4n) is 1.14. The van der Waals surface area contributed by atoms with Crippen LogP contribution in [0.5, 0.6) is 0 Å². The lowest BCUT2D eigenvalue weighted by Crippen LogP contribution is -2.24. The zero-order chi connectivity index (χ0) is 12.3. The molecule has 0 aromatic heterocycles. The summed E-state index contributed by atoms with van der Waals surface area (Å²) in [5, 5.41) is 0.459. The van der Waals surface area contributed by atoms with Gasteiger partial charge in [0.05, 0.1) is 0 Å². The van der Waals surface area contributed by atoms with Gasteiger partial charge in [0.25, 0.3) is 5.91 Å². The zero-order valence-corrected chi connectivity index (χ0v) is 9.82. The summed E-state index contributed by atoms with van der Waals surface area (Å²) >= 11 is 5.88. The molecule has 0 atom stereocenters. The van der Waals surface area contributed by atoms with Crippen molar-refractivity contribution < 1.29 is 4.79 Å². The molecule has 6 heteroatoms. The smallest absolute Gasteiger partial charge is 0.280 e. The Morgan fingerprint density at radius 3 is 2.44 bits per heavy atom. The summed E-state index contributed by atoms with van der Waals surface area (Å²) < 4.78 is 0. The van der Waals surface area contributed by atoms with E-state index in [9.17, 15) is 4.79 Å². The largest absolute Gasteiger partial charge is 0.378 e. The van der Waals surface area contributed by atoms with E-state index in [1.807, 2.05) is 19.0 Å². The molecule has 0 saturated heterocycles. The Balaban J connectivity index is 3.15. The van der Waals surface area contributed by atoms with E-state index in [-0.39, 0.29) is 5.96 Å². The molecule has 0 heterocycles. The molecule has 16 heavy (non-hydrogen) atoms. The van der Waals surface area contributed by atoms with Crippen molar-refractivity contribution in [3.8, 4) is 0 Å². The average Bonchev–Trinajstić information content (AvgIpc) is 2.15. The van der Waals surface area contributed by atoms with E-state index >= 15 is 0 Å². The van der Waals surface area contributed by atoms with Gasteiger partial charge in [-0.15, -0.1) is 0 Å². The van der Waals surface area contributed by atoms with Gasteiger partial charge in [-0.1, -0.05) is 11.6 Å². The van der Waals surface area contributed by atoms with Crippen LogP contribution in [0.4, 0.5) is 5.69 Å². The van der Waals surface area contributed by atoms with Gasteiger partial charge in [-0.2, -0.15) is 4.99 Å². The van der Waals surface area contributed by atoms with Crippen molar-refractivity contribution in [2.24, 2.45) is 16.5 Å². The van der Waals surface area contributed by atoms with Gasteiger partial charge in [0.2, 0.25) is 0 Å². The van der Waals surface area contributed by atoms with Crippen LogP contribution in [0, 0.1) is 0 Å². The predicted molar refractivity (Wildman–Crippen MR) is 65.9 cm³/mol. The molecule has 0 aliphatic rings. The van der Waals surface area contributed by atoms with Crippen LogP contribution < -0.4 is 16.4 Å². The standard InChI is InChI=1S/C10H13ClN4O/c1-15(2)8-4-6(3-7(11)5-8)9(16)14-10(12)13/h3-5H,1-2H3,(H4,12,13,14,16). The normalized spacial score (nSPS) is 9.69. The summed E-state index contributed by atoms with van der Waals surface area (Å²) in [6.07, 6.45) is 0. The third-order valence-electron chi connectivity index (χ3n) is 1.88. The highest BCUT2D eigenvalue weighted by atomic mass is 35.5. The van der Waals surface area contributed by atoms with Gasteiger partial charge in [0.15, 0.2) is 5.96 Å². The molecule has 0 unspecified atom stereocenters. The third-order valence-corrected chi connectivity index (χ3v) is 2.09. The summed E-state index contributed by atoms with van der Waals surface area (Å²) in [6.45, 7) is 0. The molecule has 5 nitrogen and oxygen atoms in total. The van der Waals surface area contributed by atoms with Gasteiger partial charge in [-0.05, 0) is 18.2 Å². The minimum Gasteiger partial charge on any atom is -0.378 e. The number of nitrogens with zero attached hydrogens (tertiary/aromatic N) is 2. The molecule has 0 bridgehead atoms. The summed E-state index contributed by atoms with van der Waals surface area (Å²) in [7, 11) is 3.70. The van der Waals surface area contributed by atoms with Crippen molar-refractivity contribution >= 4 is 29.2 Å². The molecule has 0 aliphatic carbocycles. The predicted octanol–water partition coefficient (Wildman–Crippen LogP) is 0.820. The fraction of sp³-hybridized carbons (Fsp3) is 0.200. The van der Waals surface area contributed by atoms with Gasteiger partial charge in [-0.25, -0.2) is 0 Å². The minimum absolute atomic E-state index is 0.267. The van der Waals surface area contributed by atoms with Crippen LogP contribution in [0.25, 0.3) is 0 Å². The van der Waals surface area contributed by atoms with E-state index in [2.05, 4.69) is 4.99 Å². The Kier molecular flexibility index (Phi) is 3.73. The average molecular weight is 241 g/mol. The molecule has 1 aromatic rings. The van der Waals surface area contributed by atoms with Gasteiger partial charge < -0.3 is 16.4 Å². The highest BCUT2D eigenvalue weighted by molar-refractivity contribution is 6.31. The van der Waals surface area contributed by atoms with E-state index < -0.39 is 5.91 Å².